The van der Waals surface area contributed by atoms with Gasteiger partial charge in [0, 0.05) is 24.2 Å². The van der Waals surface area contributed by atoms with Crippen LogP contribution in [-0.2, 0) is 31.9 Å². The maximum atomic E-state index is 12.9. The number of carbonyl (C=O) groups is 2. The number of fused-ring (bicyclic) bond motifs is 1. The third kappa shape index (κ3) is 3.83. The molecular formula is C28H30N2O4. The molecule has 3 aromatic rings. The van der Waals surface area contributed by atoms with E-state index in [-0.39, 0.29) is 12.8 Å². The van der Waals surface area contributed by atoms with Gasteiger partial charge in [0.05, 0.1) is 19.9 Å². The molecule has 2 aromatic carbocycles. The summed E-state index contributed by atoms with van der Waals surface area (Å²) in [6.07, 6.45) is 0.449. The van der Waals surface area contributed by atoms with Gasteiger partial charge in [0.2, 0.25) is 0 Å². The van der Waals surface area contributed by atoms with E-state index in [2.05, 4.69) is 28.8 Å². The van der Waals surface area contributed by atoms with E-state index in [1.54, 1.807) is 0 Å². The third-order valence-corrected chi connectivity index (χ3v) is 6.81. The van der Waals surface area contributed by atoms with Gasteiger partial charge in [-0.15, -0.1) is 0 Å². The summed E-state index contributed by atoms with van der Waals surface area (Å²) >= 11 is 0. The number of benzene rings is 2. The highest BCUT2D eigenvalue weighted by molar-refractivity contribution is 6.01. The van der Waals surface area contributed by atoms with Crippen LogP contribution < -0.4 is 5.49 Å². The molecule has 1 aliphatic carbocycles. The van der Waals surface area contributed by atoms with E-state index in [4.69, 9.17) is 14.5 Å². The maximum Gasteiger partial charge on any atom is 0.323 e. The summed E-state index contributed by atoms with van der Waals surface area (Å²) in [6.45, 7) is 8.10. The molecule has 0 atom stereocenters. The Morgan fingerprint density at radius 3 is 1.82 bits per heavy atom. The molecule has 0 saturated heterocycles. The van der Waals surface area contributed by atoms with E-state index in [0.29, 0.717) is 0 Å². The molecule has 0 N–H and O–H groups in total. The number of esters is 2. The largest absolute Gasteiger partial charge is 0.468 e. The number of hydrogen-bond acceptors (Lipinski definition) is 5. The van der Waals surface area contributed by atoms with Crippen molar-refractivity contribution < 1.29 is 19.1 Å². The first-order chi connectivity index (χ1) is 16.2. The van der Waals surface area contributed by atoms with Crippen LogP contribution in [0.5, 0.6) is 0 Å². The average Bonchev–Trinajstić information content (AvgIpc) is 3.26. The molecule has 6 heteroatoms. The molecule has 1 heterocycles. The minimum atomic E-state index is -1.39. The minimum Gasteiger partial charge on any atom is -0.468 e. The van der Waals surface area contributed by atoms with Gasteiger partial charge < -0.3 is 9.47 Å². The minimum absolute atomic E-state index is 0.222. The van der Waals surface area contributed by atoms with E-state index < -0.39 is 17.4 Å². The van der Waals surface area contributed by atoms with Crippen LogP contribution >= 0.6 is 0 Å². The van der Waals surface area contributed by atoms with E-state index in [1.165, 1.54) is 14.2 Å². The number of carbonyl (C=O) groups excluding carboxylic acids is 2. The number of aromatic nitrogens is 1. The van der Waals surface area contributed by atoms with Crippen molar-refractivity contribution in [2.24, 2.45) is 10.4 Å². The predicted octanol–water partition coefficient (Wildman–Crippen LogP) is 4.37. The molecule has 0 spiro atoms. The highest BCUT2D eigenvalue weighted by Crippen LogP contribution is 2.41. The van der Waals surface area contributed by atoms with E-state index in [0.717, 1.165) is 50.4 Å². The van der Waals surface area contributed by atoms with Gasteiger partial charge in [-0.05, 0) is 68.7 Å². The second kappa shape index (κ2) is 8.93. The molecular weight excluding hydrogens is 428 g/mol. The van der Waals surface area contributed by atoms with Crippen molar-refractivity contribution in [1.29, 1.82) is 0 Å². The third-order valence-electron chi connectivity index (χ3n) is 6.81. The summed E-state index contributed by atoms with van der Waals surface area (Å²) < 4.78 is 12.2. The number of rotatable bonds is 4. The van der Waals surface area contributed by atoms with Crippen molar-refractivity contribution in [2.75, 3.05) is 14.2 Å². The summed E-state index contributed by atoms with van der Waals surface area (Å²) in [7, 11) is 2.61. The highest BCUT2D eigenvalue weighted by Gasteiger charge is 2.53. The smallest absolute Gasteiger partial charge is 0.323 e. The predicted molar refractivity (Wildman–Crippen MR) is 130 cm³/mol. The Hall–Kier alpha value is -3.67. The normalized spacial score (nSPS) is 14.6. The SMILES string of the molecule is COC(=O)C1(C(=O)OC)Cc2c(c(C)n(-c3ccc(C)cc3)c(=Nc3ccc(C)cc3)c2C)C1. The molecule has 4 rings (SSSR count). The fourth-order valence-corrected chi connectivity index (χ4v) is 4.83. The van der Waals surface area contributed by atoms with Crippen LogP contribution in [0.15, 0.2) is 53.5 Å². The molecule has 0 fully saturated rings. The number of aryl methyl sites for hydroxylation is 2. The number of nitrogens with zero attached hydrogens (tertiary/aromatic N) is 2. The number of hydrogen-bond donors (Lipinski definition) is 0. The van der Waals surface area contributed by atoms with Gasteiger partial charge in [-0.25, -0.2) is 4.99 Å². The lowest BCUT2D eigenvalue weighted by Gasteiger charge is -2.22. The van der Waals surface area contributed by atoms with Crippen molar-refractivity contribution in [2.45, 2.75) is 40.5 Å². The van der Waals surface area contributed by atoms with Crippen LogP contribution in [0, 0.1) is 33.1 Å². The Morgan fingerprint density at radius 2 is 1.29 bits per heavy atom. The van der Waals surface area contributed by atoms with Gasteiger partial charge >= 0.3 is 11.9 Å². The summed E-state index contributed by atoms with van der Waals surface area (Å²) in [5.41, 5.74) is 7.26. The van der Waals surface area contributed by atoms with Crippen LogP contribution in [0.1, 0.15) is 33.5 Å². The van der Waals surface area contributed by atoms with Gasteiger partial charge in [-0.2, -0.15) is 0 Å². The standard InChI is InChI=1S/C28H30N2O4/c1-17-7-11-21(12-8-17)29-25-19(3)23-15-28(26(31)33-5,27(32)34-6)16-24(23)20(4)30(25)22-13-9-18(2)10-14-22/h7-14H,15-16H2,1-6H3. The molecule has 0 radical (unpaired) electrons. The Kier molecular flexibility index (Phi) is 6.17. The molecule has 0 unspecified atom stereocenters. The van der Waals surface area contributed by atoms with Crippen molar-refractivity contribution in [1.82, 2.24) is 4.57 Å². The van der Waals surface area contributed by atoms with Crippen molar-refractivity contribution >= 4 is 17.6 Å². The lowest BCUT2D eigenvalue weighted by Crippen LogP contribution is -2.42. The van der Waals surface area contributed by atoms with Crippen molar-refractivity contribution in [3.05, 3.63) is 87.5 Å². The van der Waals surface area contributed by atoms with Gasteiger partial charge in [-0.3, -0.25) is 14.2 Å². The van der Waals surface area contributed by atoms with Gasteiger partial charge in [0.15, 0.2) is 5.41 Å². The van der Waals surface area contributed by atoms with E-state index in [1.807, 2.05) is 52.0 Å². The number of pyridine rings is 1. The summed E-state index contributed by atoms with van der Waals surface area (Å²) in [6, 6.07) is 16.3. The summed E-state index contributed by atoms with van der Waals surface area (Å²) in [5, 5.41) is 0. The Labute approximate surface area is 199 Å². The zero-order chi connectivity index (χ0) is 24.6. The molecule has 34 heavy (non-hydrogen) atoms. The van der Waals surface area contributed by atoms with Crippen LogP contribution in [0.3, 0.4) is 0 Å². The van der Waals surface area contributed by atoms with Crippen LogP contribution in [0.2, 0.25) is 0 Å². The van der Waals surface area contributed by atoms with Crippen molar-refractivity contribution in [3.8, 4) is 5.69 Å². The Bertz CT molecular complexity index is 1320. The molecule has 176 valence electrons. The van der Waals surface area contributed by atoms with Crippen LogP contribution in [0.25, 0.3) is 5.69 Å². The topological polar surface area (TPSA) is 69.9 Å². The molecule has 0 bridgehead atoms. The van der Waals surface area contributed by atoms with Crippen LogP contribution in [0.4, 0.5) is 5.69 Å². The Balaban J connectivity index is 2.03. The highest BCUT2D eigenvalue weighted by atomic mass is 16.5. The first-order valence-electron chi connectivity index (χ1n) is 11.3. The molecule has 0 amide bonds. The fraction of sp³-hybridized carbons (Fsp3) is 0.321. The lowest BCUT2D eigenvalue weighted by atomic mass is 9.84. The number of ether oxygens (including phenoxy) is 2. The lowest BCUT2D eigenvalue weighted by molar-refractivity contribution is -0.168. The maximum absolute atomic E-state index is 12.9. The average molecular weight is 459 g/mol. The second-order valence-electron chi connectivity index (χ2n) is 9.03. The van der Waals surface area contributed by atoms with Gasteiger partial charge in [-0.1, -0.05) is 35.4 Å². The van der Waals surface area contributed by atoms with E-state index >= 15 is 0 Å². The molecule has 6 nitrogen and oxygen atoms in total. The Morgan fingerprint density at radius 1 is 0.794 bits per heavy atom. The first-order valence-corrected chi connectivity index (χ1v) is 11.3. The fourth-order valence-electron chi connectivity index (χ4n) is 4.83. The zero-order valence-electron chi connectivity index (χ0n) is 20.6. The quantitative estimate of drug-likeness (QED) is 0.430. The monoisotopic (exact) mass is 458 g/mol. The van der Waals surface area contributed by atoms with Crippen molar-refractivity contribution in [3.63, 3.8) is 0 Å². The van der Waals surface area contributed by atoms with E-state index in [9.17, 15) is 9.59 Å². The summed E-state index contributed by atoms with van der Waals surface area (Å²) in [5.74, 6) is -1.15. The number of methoxy groups -OCH3 is 2. The molecule has 1 aliphatic rings. The molecule has 0 saturated carbocycles. The van der Waals surface area contributed by atoms with Gasteiger partial charge in [0.1, 0.15) is 5.49 Å². The molecule has 0 aliphatic heterocycles. The van der Waals surface area contributed by atoms with Gasteiger partial charge in [0.25, 0.3) is 0 Å². The molecule has 1 aromatic heterocycles. The zero-order valence-corrected chi connectivity index (χ0v) is 20.6. The summed E-state index contributed by atoms with van der Waals surface area (Å²) in [4.78, 5) is 30.8. The van der Waals surface area contributed by atoms with Crippen LogP contribution in [-0.4, -0.2) is 30.7 Å². The second-order valence-corrected chi connectivity index (χ2v) is 9.03. The first kappa shape index (κ1) is 23.5.